The van der Waals surface area contributed by atoms with Crippen LogP contribution < -0.4 is 4.74 Å². The van der Waals surface area contributed by atoms with Crippen molar-refractivity contribution in [2.24, 2.45) is 0 Å². The predicted molar refractivity (Wildman–Crippen MR) is 107 cm³/mol. The molecule has 0 atom stereocenters. The molecule has 0 aliphatic carbocycles. The molecule has 6 nitrogen and oxygen atoms in total. The lowest BCUT2D eigenvalue weighted by molar-refractivity contribution is 0.172. The zero-order valence-corrected chi connectivity index (χ0v) is 16.2. The van der Waals surface area contributed by atoms with Gasteiger partial charge in [-0.2, -0.15) is 0 Å². The molecule has 0 unspecified atom stereocenters. The van der Waals surface area contributed by atoms with Crippen molar-refractivity contribution in [3.05, 3.63) is 53.8 Å². The van der Waals surface area contributed by atoms with E-state index < -0.39 is 0 Å². The van der Waals surface area contributed by atoms with E-state index in [0.717, 1.165) is 60.4 Å². The number of nitrogens with zero attached hydrogens (tertiary/aromatic N) is 3. The average molecular weight is 395 g/mol. The van der Waals surface area contributed by atoms with Crippen LogP contribution >= 0.6 is 0 Å². The Hall–Kier alpha value is -2.93. The van der Waals surface area contributed by atoms with E-state index in [1.54, 1.807) is 6.07 Å². The van der Waals surface area contributed by atoms with Gasteiger partial charge in [0.1, 0.15) is 23.7 Å². The van der Waals surface area contributed by atoms with E-state index in [4.69, 9.17) is 13.7 Å². The van der Waals surface area contributed by atoms with E-state index in [1.165, 1.54) is 12.1 Å². The molecule has 3 heterocycles. The van der Waals surface area contributed by atoms with Gasteiger partial charge in [-0.1, -0.05) is 5.16 Å². The number of benzene rings is 2. The van der Waals surface area contributed by atoms with Crippen LogP contribution in [-0.4, -0.2) is 41.3 Å². The second kappa shape index (κ2) is 7.48. The summed E-state index contributed by atoms with van der Waals surface area (Å²) in [5.74, 6) is 1.50. The molecule has 0 N–H and O–H groups in total. The Morgan fingerprint density at radius 2 is 2.00 bits per heavy atom. The first-order valence-electron chi connectivity index (χ1n) is 9.93. The Morgan fingerprint density at radius 1 is 1.14 bits per heavy atom. The van der Waals surface area contributed by atoms with Crippen LogP contribution in [0.3, 0.4) is 0 Å². The number of ether oxygens (including phenoxy) is 1. The third-order valence-electron chi connectivity index (χ3n) is 5.58. The number of aryl methyl sites for hydroxylation is 1. The second-order valence-electron chi connectivity index (χ2n) is 7.54. The molecule has 150 valence electrons. The van der Waals surface area contributed by atoms with Crippen LogP contribution in [0.2, 0.25) is 0 Å². The molecular formula is C22H22FN3O3. The van der Waals surface area contributed by atoms with Gasteiger partial charge in [-0.25, -0.2) is 9.37 Å². The highest BCUT2D eigenvalue weighted by molar-refractivity contribution is 5.80. The van der Waals surface area contributed by atoms with Crippen LogP contribution in [0.25, 0.3) is 22.1 Å². The van der Waals surface area contributed by atoms with Crippen molar-refractivity contribution >= 4 is 22.1 Å². The lowest BCUT2D eigenvalue weighted by Gasteiger charge is -2.31. The van der Waals surface area contributed by atoms with Gasteiger partial charge in [0.15, 0.2) is 17.1 Å². The Labute approximate surface area is 167 Å². The number of rotatable bonds is 5. The molecule has 2 aromatic heterocycles. The highest BCUT2D eigenvalue weighted by Crippen LogP contribution is 2.32. The maximum Gasteiger partial charge on any atom is 0.192 e. The maximum absolute atomic E-state index is 13.3. The van der Waals surface area contributed by atoms with Gasteiger partial charge in [-0.3, -0.25) is 4.90 Å². The molecular weight excluding hydrogens is 373 g/mol. The molecule has 0 spiro atoms. The largest absolute Gasteiger partial charge is 0.492 e. The highest BCUT2D eigenvalue weighted by atomic mass is 19.1. The first-order chi connectivity index (χ1) is 14.2. The second-order valence-corrected chi connectivity index (χ2v) is 7.54. The van der Waals surface area contributed by atoms with Crippen molar-refractivity contribution in [3.63, 3.8) is 0 Å². The van der Waals surface area contributed by atoms with Crippen LogP contribution in [0, 0.1) is 12.7 Å². The monoisotopic (exact) mass is 395 g/mol. The van der Waals surface area contributed by atoms with Crippen molar-refractivity contribution in [2.75, 3.05) is 26.2 Å². The summed E-state index contributed by atoms with van der Waals surface area (Å²) in [5.41, 5.74) is 3.07. The smallest absolute Gasteiger partial charge is 0.192 e. The molecule has 7 heteroatoms. The van der Waals surface area contributed by atoms with Gasteiger partial charge >= 0.3 is 0 Å². The molecule has 0 saturated carbocycles. The molecule has 0 amide bonds. The summed E-state index contributed by atoms with van der Waals surface area (Å²) in [6.07, 6.45) is 2.00. The number of hydrogen-bond donors (Lipinski definition) is 0. The lowest BCUT2D eigenvalue weighted by Crippen LogP contribution is -2.36. The van der Waals surface area contributed by atoms with Crippen molar-refractivity contribution in [1.82, 2.24) is 15.0 Å². The fourth-order valence-corrected chi connectivity index (χ4v) is 4.06. The number of hydrogen-bond acceptors (Lipinski definition) is 6. The predicted octanol–water partition coefficient (Wildman–Crippen LogP) is 4.67. The van der Waals surface area contributed by atoms with Crippen molar-refractivity contribution < 1.29 is 18.1 Å². The summed E-state index contributed by atoms with van der Waals surface area (Å²) in [5, 5.41) is 5.14. The Kier molecular flexibility index (Phi) is 4.67. The molecule has 1 aliphatic heterocycles. The van der Waals surface area contributed by atoms with E-state index in [0.29, 0.717) is 24.0 Å². The van der Waals surface area contributed by atoms with Gasteiger partial charge in [0, 0.05) is 36.9 Å². The molecule has 1 saturated heterocycles. The van der Waals surface area contributed by atoms with Crippen LogP contribution in [0.1, 0.15) is 30.3 Å². The van der Waals surface area contributed by atoms with Crippen LogP contribution in [0.5, 0.6) is 5.75 Å². The molecule has 1 fully saturated rings. The third kappa shape index (κ3) is 3.70. The summed E-state index contributed by atoms with van der Waals surface area (Å²) in [6, 6.07) is 10.4. The minimum Gasteiger partial charge on any atom is -0.492 e. The van der Waals surface area contributed by atoms with Crippen molar-refractivity contribution in [3.8, 4) is 5.75 Å². The Bertz CT molecular complexity index is 1140. The zero-order chi connectivity index (χ0) is 19.8. The summed E-state index contributed by atoms with van der Waals surface area (Å²) in [6.45, 7) is 5.28. The first-order valence-corrected chi connectivity index (χ1v) is 9.93. The van der Waals surface area contributed by atoms with Gasteiger partial charge in [0.25, 0.3) is 0 Å². The van der Waals surface area contributed by atoms with Crippen molar-refractivity contribution in [2.45, 2.75) is 25.7 Å². The van der Waals surface area contributed by atoms with E-state index in [2.05, 4.69) is 15.0 Å². The van der Waals surface area contributed by atoms with Gasteiger partial charge in [-0.05, 0) is 50.2 Å². The van der Waals surface area contributed by atoms with E-state index >= 15 is 0 Å². The molecule has 0 bridgehead atoms. The molecule has 2 aromatic carbocycles. The van der Waals surface area contributed by atoms with Gasteiger partial charge in [0.05, 0.1) is 5.69 Å². The fraction of sp³-hybridized carbons (Fsp3) is 0.364. The summed E-state index contributed by atoms with van der Waals surface area (Å²) >= 11 is 0. The fourth-order valence-electron chi connectivity index (χ4n) is 4.06. The average Bonchev–Trinajstić information content (AvgIpc) is 3.30. The topological polar surface area (TPSA) is 64.5 Å². The molecule has 29 heavy (non-hydrogen) atoms. The third-order valence-corrected chi connectivity index (χ3v) is 5.58. The zero-order valence-electron chi connectivity index (χ0n) is 16.2. The molecule has 0 radical (unpaired) electrons. The van der Waals surface area contributed by atoms with Gasteiger partial charge in [-0.15, -0.1) is 0 Å². The summed E-state index contributed by atoms with van der Waals surface area (Å²) in [7, 11) is 0. The minimum atomic E-state index is -0.299. The summed E-state index contributed by atoms with van der Waals surface area (Å²) in [4.78, 5) is 6.70. The minimum absolute atomic E-state index is 0.299. The number of fused-ring (bicyclic) bond motifs is 2. The molecule has 5 rings (SSSR count). The SMILES string of the molecule is Cc1nc2ccc(OCCN3CCC(c4noc5cc(F)ccc45)CC3)cc2o1. The van der Waals surface area contributed by atoms with Crippen LogP contribution in [-0.2, 0) is 0 Å². The van der Waals surface area contributed by atoms with Crippen LogP contribution in [0.4, 0.5) is 4.39 Å². The van der Waals surface area contributed by atoms with Gasteiger partial charge in [0.2, 0.25) is 0 Å². The van der Waals surface area contributed by atoms with E-state index in [-0.39, 0.29) is 5.82 Å². The van der Waals surface area contributed by atoms with E-state index in [9.17, 15) is 4.39 Å². The normalized spacial score (nSPS) is 16.1. The molecule has 4 aromatic rings. The number of oxazole rings is 1. The number of piperidine rings is 1. The summed E-state index contributed by atoms with van der Waals surface area (Å²) < 4.78 is 30.1. The maximum atomic E-state index is 13.3. The Balaban J connectivity index is 1.14. The quantitative estimate of drug-likeness (QED) is 0.489. The number of aromatic nitrogens is 2. The van der Waals surface area contributed by atoms with Gasteiger partial charge < -0.3 is 13.7 Å². The molecule has 1 aliphatic rings. The lowest BCUT2D eigenvalue weighted by atomic mass is 9.91. The first kappa shape index (κ1) is 18.1. The Morgan fingerprint density at radius 3 is 2.86 bits per heavy atom. The highest BCUT2D eigenvalue weighted by Gasteiger charge is 2.25. The standard InChI is InChI=1S/C22H22FN3O3/c1-14-24-19-5-3-17(13-21(19)28-14)27-11-10-26-8-6-15(7-9-26)22-18-4-2-16(23)12-20(18)29-25-22/h2-5,12-13,15H,6-11H2,1H3. The number of likely N-dealkylation sites (tertiary alicyclic amines) is 1. The number of halogens is 1. The van der Waals surface area contributed by atoms with Crippen molar-refractivity contribution in [1.29, 1.82) is 0 Å². The van der Waals surface area contributed by atoms with Crippen LogP contribution in [0.15, 0.2) is 45.3 Å². The van der Waals surface area contributed by atoms with E-state index in [1.807, 2.05) is 25.1 Å².